The molecule has 1 fully saturated rings. The molecule has 0 radical (unpaired) electrons. The highest BCUT2D eigenvalue weighted by Crippen LogP contribution is 2.25. The third-order valence-electron chi connectivity index (χ3n) is 3.78. The van der Waals surface area contributed by atoms with Crippen molar-refractivity contribution in [1.82, 2.24) is 10.3 Å². The lowest BCUT2D eigenvalue weighted by Crippen LogP contribution is -2.35. The molecule has 1 unspecified atom stereocenters. The Morgan fingerprint density at radius 1 is 1.41 bits per heavy atom. The first-order valence-electron chi connectivity index (χ1n) is 6.56. The van der Waals surface area contributed by atoms with Gasteiger partial charge in [-0.25, -0.2) is 0 Å². The molecule has 1 aliphatic rings. The fraction of sp³-hybridized carbons (Fsp3) is 0.643. The lowest BCUT2D eigenvalue weighted by atomic mass is 9.86. The number of pyridine rings is 1. The third-order valence-corrected chi connectivity index (χ3v) is 3.78. The van der Waals surface area contributed by atoms with Crippen molar-refractivity contribution in [3.63, 3.8) is 0 Å². The molecule has 0 aromatic carbocycles. The Kier molecular flexibility index (Phi) is 4.51. The Bertz CT molecular complexity index is 320. The minimum absolute atomic E-state index is 0.352. The van der Waals surface area contributed by atoms with Crippen LogP contribution in [0.5, 0.6) is 0 Å². The second-order valence-corrected chi connectivity index (χ2v) is 5.07. The Labute approximate surface area is 103 Å². The van der Waals surface area contributed by atoms with Gasteiger partial charge in [0.05, 0.1) is 0 Å². The Hall–Kier alpha value is -0.930. The highest BCUT2D eigenvalue weighted by molar-refractivity contribution is 5.13. The van der Waals surface area contributed by atoms with Gasteiger partial charge in [-0.3, -0.25) is 4.98 Å². The highest BCUT2D eigenvalue weighted by Gasteiger charge is 2.21. The molecule has 0 aliphatic heterocycles. The summed E-state index contributed by atoms with van der Waals surface area (Å²) in [7, 11) is 0. The first kappa shape index (κ1) is 12.5. The molecule has 1 atom stereocenters. The van der Waals surface area contributed by atoms with Crippen LogP contribution in [0.2, 0.25) is 0 Å². The molecule has 94 valence electrons. The maximum Gasteiger partial charge on any atom is 0.0459 e. The van der Waals surface area contributed by atoms with Gasteiger partial charge in [-0.2, -0.15) is 0 Å². The Morgan fingerprint density at radius 2 is 2.18 bits per heavy atom. The van der Waals surface area contributed by atoms with E-state index >= 15 is 0 Å². The van der Waals surface area contributed by atoms with Crippen LogP contribution in [0.4, 0.5) is 0 Å². The summed E-state index contributed by atoms with van der Waals surface area (Å²) in [5, 5.41) is 12.8. The predicted octanol–water partition coefficient (Wildman–Crippen LogP) is 2.28. The zero-order valence-electron chi connectivity index (χ0n) is 10.5. The second kappa shape index (κ2) is 6.12. The summed E-state index contributed by atoms with van der Waals surface area (Å²) in [5.74, 6) is 0.529. The van der Waals surface area contributed by atoms with Gasteiger partial charge in [0.1, 0.15) is 0 Å². The zero-order chi connectivity index (χ0) is 12.1. The van der Waals surface area contributed by atoms with Crippen molar-refractivity contribution in [1.29, 1.82) is 0 Å². The number of nitrogens with one attached hydrogen (secondary N) is 1. The number of rotatable bonds is 4. The van der Waals surface area contributed by atoms with Crippen molar-refractivity contribution in [3.05, 3.63) is 30.1 Å². The minimum Gasteiger partial charge on any atom is -0.396 e. The monoisotopic (exact) mass is 234 g/mol. The summed E-state index contributed by atoms with van der Waals surface area (Å²) in [4.78, 5) is 4.15. The molecule has 2 rings (SSSR count). The quantitative estimate of drug-likeness (QED) is 0.840. The number of hydrogen-bond donors (Lipinski definition) is 2. The SMILES string of the molecule is CC(NC1CCC(CO)CC1)c1cccnc1. The summed E-state index contributed by atoms with van der Waals surface area (Å²) in [6, 6.07) is 5.05. The van der Waals surface area contributed by atoms with Crippen molar-refractivity contribution >= 4 is 0 Å². The van der Waals surface area contributed by atoms with E-state index in [1.54, 1.807) is 0 Å². The summed E-state index contributed by atoms with van der Waals surface area (Å²) < 4.78 is 0. The molecule has 1 aliphatic carbocycles. The van der Waals surface area contributed by atoms with Gasteiger partial charge < -0.3 is 10.4 Å². The molecule has 2 N–H and O–H groups in total. The fourth-order valence-electron chi connectivity index (χ4n) is 2.59. The molecule has 0 saturated heterocycles. The standard InChI is InChI=1S/C14H22N2O/c1-11(13-3-2-8-15-9-13)16-14-6-4-12(10-17)5-7-14/h2-3,8-9,11-12,14,16-17H,4-7,10H2,1H3. The molecule has 0 spiro atoms. The van der Waals surface area contributed by atoms with Crippen molar-refractivity contribution in [2.24, 2.45) is 5.92 Å². The van der Waals surface area contributed by atoms with E-state index in [9.17, 15) is 0 Å². The number of aromatic nitrogens is 1. The van der Waals surface area contributed by atoms with Crippen LogP contribution >= 0.6 is 0 Å². The van der Waals surface area contributed by atoms with Crippen molar-refractivity contribution < 1.29 is 5.11 Å². The summed E-state index contributed by atoms with van der Waals surface area (Å²) in [5.41, 5.74) is 1.25. The molecule has 1 heterocycles. The van der Waals surface area contributed by atoms with Gasteiger partial charge in [-0.1, -0.05) is 6.07 Å². The van der Waals surface area contributed by atoms with E-state index < -0.39 is 0 Å². The minimum atomic E-state index is 0.352. The lowest BCUT2D eigenvalue weighted by molar-refractivity contribution is 0.172. The number of aliphatic hydroxyl groups is 1. The molecule has 1 aromatic rings. The molecule has 0 bridgehead atoms. The van der Waals surface area contributed by atoms with Crippen LogP contribution in [0.15, 0.2) is 24.5 Å². The van der Waals surface area contributed by atoms with Crippen LogP contribution in [0.3, 0.4) is 0 Å². The smallest absolute Gasteiger partial charge is 0.0459 e. The van der Waals surface area contributed by atoms with Gasteiger partial charge in [-0.05, 0) is 50.2 Å². The normalized spacial score (nSPS) is 26.7. The van der Waals surface area contributed by atoms with Gasteiger partial charge in [0.25, 0.3) is 0 Å². The molecule has 1 aromatic heterocycles. The van der Waals surface area contributed by atoms with E-state index in [0.29, 0.717) is 24.6 Å². The van der Waals surface area contributed by atoms with Crippen LogP contribution < -0.4 is 5.32 Å². The molecule has 0 amide bonds. The number of nitrogens with zero attached hydrogens (tertiary/aromatic N) is 1. The maximum atomic E-state index is 9.11. The van der Waals surface area contributed by atoms with Crippen LogP contribution in [0, 0.1) is 5.92 Å². The zero-order valence-corrected chi connectivity index (χ0v) is 10.5. The van der Waals surface area contributed by atoms with Gasteiger partial charge in [-0.15, -0.1) is 0 Å². The largest absolute Gasteiger partial charge is 0.396 e. The topological polar surface area (TPSA) is 45.1 Å². The van der Waals surface area contributed by atoms with Gasteiger partial charge in [0, 0.05) is 31.1 Å². The van der Waals surface area contributed by atoms with Crippen LogP contribution in [0.25, 0.3) is 0 Å². The average Bonchev–Trinajstić information content (AvgIpc) is 2.40. The van der Waals surface area contributed by atoms with Gasteiger partial charge >= 0.3 is 0 Å². The van der Waals surface area contributed by atoms with E-state index in [1.165, 1.54) is 18.4 Å². The number of aliphatic hydroxyl groups excluding tert-OH is 1. The second-order valence-electron chi connectivity index (χ2n) is 5.07. The molecular weight excluding hydrogens is 212 g/mol. The highest BCUT2D eigenvalue weighted by atomic mass is 16.3. The van der Waals surface area contributed by atoms with Crippen molar-refractivity contribution in [2.45, 2.75) is 44.7 Å². The summed E-state index contributed by atoms with van der Waals surface area (Å²) in [6.45, 7) is 2.54. The van der Waals surface area contributed by atoms with Gasteiger partial charge in [0.2, 0.25) is 0 Å². The Morgan fingerprint density at radius 3 is 2.76 bits per heavy atom. The van der Waals surface area contributed by atoms with E-state index in [4.69, 9.17) is 5.11 Å². The summed E-state index contributed by atoms with van der Waals surface area (Å²) >= 11 is 0. The third kappa shape index (κ3) is 3.51. The van der Waals surface area contributed by atoms with Crippen molar-refractivity contribution in [2.75, 3.05) is 6.61 Å². The average molecular weight is 234 g/mol. The van der Waals surface area contributed by atoms with E-state index in [2.05, 4.69) is 23.3 Å². The number of hydrogen-bond acceptors (Lipinski definition) is 3. The lowest BCUT2D eigenvalue weighted by Gasteiger charge is -2.30. The van der Waals surface area contributed by atoms with Crippen LogP contribution in [-0.2, 0) is 0 Å². The summed E-state index contributed by atoms with van der Waals surface area (Å²) in [6.07, 6.45) is 8.38. The fourth-order valence-corrected chi connectivity index (χ4v) is 2.59. The van der Waals surface area contributed by atoms with Gasteiger partial charge in [0.15, 0.2) is 0 Å². The first-order valence-corrected chi connectivity index (χ1v) is 6.56. The first-order chi connectivity index (χ1) is 8.29. The predicted molar refractivity (Wildman–Crippen MR) is 68.6 cm³/mol. The van der Waals surface area contributed by atoms with E-state index in [0.717, 1.165) is 12.8 Å². The molecule has 3 heteroatoms. The van der Waals surface area contributed by atoms with Crippen LogP contribution in [0.1, 0.15) is 44.2 Å². The van der Waals surface area contributed by atoms with E-state index in [-0.39, 0.29) is 0 Å². The maximum absolute atomic E-state index is 9.11. The molecular formula is C14H22N2O. The molecule has 17 heavy (non-hydrogen) atoms. The molecule has 3 nitrogen and oxygen atoms in total. The Balaban J connectivity index is 1.82. The molecule has 1 saturated carbocycles. The van der Waals surface area contributed by atoms with Crippen LogP contribution in [-0.4, -0.2) is 22.7 Å². The van der Waals surface area contributed by atoms with Crippen molar-refractivity contribution in [3.8, 4) is 0 Å². The van der Waals surface area contributed by atoms with E-state index in [1.807, 2.05) is 18.5 Å².